The number of benzene rings is 2. The van der Waals surface area contributed by atoms with E-state index in [1.165, 1.54) is 0 Å². The Hall–Kier alpha value is -3.40. The highest BCUT2D eigenvalue weighted by atomic mass is 19.4. The molecule has 5 rings (SSSR count). The van der Waals surface area contributed by atoms with Gasteiger partial charge in [0.25, 0.3) is 0 Å². The van der Waals surface area contributed by atoms with E-state index in [1.54, 1.807) is 0 Å². The van der Waals surface area contributed by atoms with Crippen molar-refractivity contribution in [3.05, 3.63) is 59.7 Å². The third kappa shape index (κ3) is 5.01. The van der Waals surface area contributed by atoms with E-state index in [0.29, 0.717) is 0 Å². The molecule has 0 aromatic heterocycles. The van der Waals surface area contributed by atoms with Crippen LogP contribution >= 0.6 is 0 Å². The highest BCUT2D eigenvalue weighted by Gasteiger charge is 2.59. The van der Waals surface area contributed by atoms with Gasteiger partial charge in [0.05, 0.1) is 0 Å². The summed E-state index contributed by atoms with van der Waals surface area (Å²) in [4.78, 5) is 39.8. The van der Waals surface area contributed by atoms with Gasteiger partial charge in [-0.1, -0.05) is 24.6 Å². The fourth-order valence-electron chi connectivity index (χ4n) is 6.18. The SMILES string of the molecule is CC1(NC(CC(=O)C(=O)c2ccc(OC(F)(F)F)cc2)(C(=O)O)C2c3ccccc3N[C@@H]3CCC[C@H]23)CC1. The number of anilines is 1. The fourth-order valence-corrected chi connectivity index (χ4v) is 6.18. The van der Waals surface area contributed by atoms with Gasteiger partial charge in [-0.15, -0.1) is 13.2 Å². The normalized spacial score (nSPS) is 24.8. The smallest absolute Gasteiger partial charge is 0.480 e. The number of carbonyl (C=O) groups excluding carboxylic acids is 2. The summed E-state index contributed by atoms with van der Waals surface area (Å²) in [5.74, 6) is -4.23. The summed E-state index contributed by atoms with van der Waals surface area (Å²) in [7, 11) is 0. The van der Waals surface area contributed by atoms with Crippen LogP contribution in [0.1, 0.15) is 67.3 Å². The number of ether oxygens (including phenoxy) is 1. The summed E-state index contributed by atoms with van der Waals surface area (Å²) < 4.78 is 41.3. The van der Waals surface area contributed by atoms with E-state index in [9.17, 15) is 32.7 Å². The Morgan fingerprint density at radius 1 is 1.08 bits per heavy atom. The highest BCUT2D eigenvalue weighted by Crippen LogP contribution is 2.53. The molecule has 3 N–H and O–H groups in total. The maximum absolute atomic E-state index is 13.5. The minimum absolute atomic E-state index is 0.0504. The standard InChI is InChI=1S/C28H29F3N2O5/c1-26(13-14-26)33-27(25(36)37,23-18-5-2-3-7-20(18)32-21-8-4-6-19(21)23)15-22(34)24(35)16-9-11-17(12-10-16)38-28(29,30)31/h2-3,5,7,9-12,19,21,23,32-33H,4,6,8,13-15H2,1H3,(H,36,37)/t19-,21+,23?,27?/m0/s1. The second-order valence-corrected chi connectivity index (χ2v) is 10.9. The Morgan fingerprint density at radius 3 is 2.39 bits per heavy atom. The zero-order valence-corrected chi connectivity index (χ0v) is 20.8. The summed E-state index contributed by atoms with van der Waals surface area (Å²) in [5.41, 5.74) is -0.739. The second-order valence-electron chi connectivity index (χ2n) is 10.9. The lowest BCUT2D eigenvalue weighted by Crippen LogP contribution is -2.64. The number of carboxylic acids is 1. The number of halogens is 3. The second kappa shape index (κ2) is 9.41. The van der Waals surface area contributed by atoms with Crippen LogP contribution in [0.3, 0.4) is 0 Å². The number of fused-ring (bicyclic) bond motifs is 2. The van der Waals surface area contributed by atoms with Crippen molar-refractivity contribution < 1.29 is 37.4 Å². The van der Waals surface area contributed by atoms with Crippen LogP contribution in [0.4, 0.5) is 18.9 Å². The van der Waals surface area contributed by atoms with Crippen molar-refractivity contribution in [1.82, 2.24) is 5.32 Å². The lowest BCUT2D eigenvalue weighted by atomic mass is 9.65. The fraction of sp³-hybridized carbons (Fsp3) is 0.464. The van der Waals surface area contributed by atoms with Gasteiger partial charge in [0.2, 0.25) is 11.6 Å². The van der Waals surface area contributed by atoms with Crippen LogP contribution in [0.2, 0.25) is 0 Å². The molecule has 0 bridgehead atoms. The summed E-state index contributed by atoms with van der Waals surface area (Å²) in [6, 6.07) is 11.6. The van der Waals surface area contributed by atoms with Crippen LogP contribution in [0.15, 0.2) is 48.5 Å². The van der Waals surface area contributed by atoms with Gasteiger partial charge in [-0.25, -0.2) is 0 Å². The summed E-state index contributed by atoms with van der Waals surface area (Å²) >= 11 is 0. The number of alkyl halides is 3. The van der Waals surface area contributed by atoms with Crippen LogP contribution in [0, 0.1) is 5.92 Å². The predicted molar refractivity (Wildman–Crippen MR) is 132 cm³/mol. The number of carboxylic acid groups (broad SMARTS) is 1. The van der Waals surface area contributed by atoms with Crippen molar-refractivity contribution in [2.75, 3.05) is 5.32 Å². The topological polar surface area (TPSA) is 105 Å². The quantitative estimate of drug-likeness (QED) is 0.307. The number of rotatable bonds is 9. The van der Waals surface area contributed by atoms with E-state index in [0.717, 1.165) is 67.6 Å². The average molecular weight is 531 g/mol. The summed E-state index contributed by atoms with van der Waals surface area (Å²) in [5, 5.41) is 17.7. The number of hydrogen-bond donors (Lipinski definition) is 3. The molecular weight excluding hydrogens is 501 g/mol. The predicted octanol–water partition coefficient (Wildman–Crippen LogP) is 5.07. The van der Waals surface area contributed by atoms with Crippen LogP contribution in [-0.4, -0.2) is 46.1 Å². The number of para-hydroxylation sites is 1. The summed E-state index contributed by atoms with van der Waals surface area (Å²) in [6.45, 7) is 1.91. The molecule has 4 atom stereocenters. The molecular formula is C28H29F3N2O5. The Kier molecular flexibility index (Phi) is 6.49. The van der Waals surface area contributed by atoms with Crippen LogP contribution in [0.25, 0.3) is 0 Å². The molecule has 0 amide bonds. The van der Waals surface area contributed by atoms with Crippen molar-refractivity contribution in [1.29, 1.82) is 0 Å². The van der Waals surface area contributed by atoms with Crippen molar-refractivity contribution in [2.45, 2.75) is 74.8 Å². The molecule has 1 heterocycles. The van der Waals surface area contributed by atoms with Gasteiger partial charge in [0, 0.05) is 35.2 Å². The Bertz CT molecular complexity index is 1260. The number of ketones is 2. The van der Waals surface area contributed by atoms with Gasteiger partial charge < -0.3 is 15.2 Å². The maximum Gasteiger partial charge on any atom is 0.573 e. The summed E-state index contributed by atoms with van der Waals surface area (Å²) in [6.07, 6.45) is -1.42. The first-order valence-electron chi connectivity index (χ1n) is 12.7. The van der Waals surface area contributed by atoms with Crippen LogP contribution in [-0.2, 0) is 9.59 Å². The molecule has 1 aliphatic heterocycles. The van der Waals surface area contributed by atoms with Gasteiger partial charge in [-0.2, -0.15) is 0 Å². The van der Waals surface area contributed by atoms with E-state index in [-0.39, 0.29) is 17.5 Å². The molecule has 2 aliphatic carbocycles. The van der Waals surface area contributed by atoms with Crippen molar-refractivity contribution in [3.63, 3.8) is 0 Å². The largest absolute Gasteiger partial charge is 0.573 e. The minimum atomic E-state index is -4.89. The third-order valence-corrected chi connectivity index (χ3v) is 8.11. The highest BCUT2D eigenvalue weighted by molar-refractivity contribution is 6.44. The van der Waals surface area contributed by atoms with Gasteiger partial charge in [0.1, 0.15) is 11.3 Å². The van der Waals surface area contributed by atoms with Gasteiger partial charge >= 0.3 is 12.3 Å². The molecule has 2 fully saturated rings. The zero-order chi connectivity index (χ0) is 27.3. The molecule has 0 saturated heterocycles. The van der Waals surface area contributed by atoms with Gasteiger partial charge in [0.15, 0.2) is 0 Å². The Labute approximate surface area is 217 Å². The number of carbonyl (C=O) groups is 3. The lowest BCUT2D eigenvalue weighted by molar-refractivity contribution is -0.274. The number of hydrogen-bond acceptors (Lipinski definition) is 6. The van der Waals surface area contributed by atoms with Gasteiger partial charge in [-0.3, -0.25) is 19.7 Å². The Morgan fingerprint density at radius 2 is 1.76 bits per heavy atom. The molecule has 202 valence electrons. The maximum atomic E-state index is 13.5. The molecule has 7 nitrogen and oxygen atoms in total. The molecule has 2 unspecified atom stereocenters. The van der Waals surface area contributed by atoms with Crippen molar-refractivity contribution >= 4 is 23.2 Å². The number of aliphatic carboxylic acids is 1. The van der Waals surface area contributed by atoms with E-state index in [2.05, 4.69) is 15.4 Å². The number of Topliss-reactive ketones (excluding diaryl/α,β-unsaturated/α-hetero) is 2. The van der Waals surface area contributed by atoms with E-state index >= 15 is 0 Å². The minimum Gasteiger partial charge on any atom is -0.480 e. The first-order valence-corrected chi connectivity index (χ1v) is 12.7. The average Bonchev–Trinajstić information content (AvgIpc) is 3.39. The van der Waals surface area contributed by atoms with Crippen LogP contribution in [0.5, 0.6) is 5.75 Å². The lowest BCUT2D eigenvalue weighted by Gasteiger charge is -2.47. The number of nitrogens with one attached hydrogen (secondary N) is 2. The van der Waals surface area contributed by atoms with E-state index in [4.69, 9.17) is 0 Å². The molecule has 0 radical (unpaired) electrons. The van der Waals surface area contributed by atoms with Gasteiger partial charge in [-0.05, 0) is 74.4 Å². The monoisotopic (exact) mass is 530 g/mol. The van der Waals surface area contributed by atoms with Crippen molar-refractivity contribution in [3.8, 4) is 5.75 Å². The Balaban J connectivity index is 1.51. The zero-order valence-electron chi connectivity index (χ0n) is 20.8. The molecule has 38 heavy (non-hydrogen) atoms. The van der Waals surface area contributed by atoms with E-state index < -0.39 is 53.1 Å². The molecule has 2 saturated carbocycles. The molecule has 10 heteroatoms. The van der Waals surface area contributed by atoms with E-state index in [1.807, 2.05) is 31.2 Å². The van der Waals surface area contributed by atoms with Crippen molar-refractivity contribution in [2.24, 2.45) is 5.92 Å². The first kappa shape index (κ1) is 26.2. The van der Waals surface area contributed by atoms with Crippen LogP contribution < -0.4 is 15.4 Å². The third-order valence-electron chi connectivity index (χ3n) is 8.11. The molecule has 3 aliphatic rings. The first-order chi connectivity index (χ1) is 17.9. The molecule has 2 aromatic carbocycles. The molecule has 0 spiro atoms. The molecule has 2 aromatic rings.